The van der Waals surface area contributed by atoms with E-state index in [1.54, 1.807) is 13.8 Å². The Kier molecular flexibility index (Phi) is 6.33. The Bertz CT molecular complexity index is 573. The summed E-state index contributed by atoms with van der Waals surface area (Å²) in [5, 5.41) is 6.41. The Balaban J connectivity index is 0.00000220. The number of carbonyl (C=O) groups excluding carboxylic acids is 1. The Morgan fingerprint density at radius 2 is 2.05 bits per heavy atom. The van der Waals surface area contributed by atoms with Crippen molar-refractivity contribution in [3.05, 3.63) is 47.6 Å². The fourth-order valence-electron chi connectivity index (χ4n) is 1.86. The molecule has 1 amide bonds. The van der Waals surface area contributed by atoms with Gasteiger partial charge in [0.25, 0.3) is 0 Å². The molecule has 6 nitrogen and oxygen atoms in total. The molecule has 0 aliphatic rings. The molecule has 21 heavy (non-hydrogen) atoms. The first kappa shape index (κ1) is 17.1. The van der Waals surface area contributed by atoms with Gasteiger partial charge in [-0.15, -0.1) is 12.4 Å². The highest BCUT2D eigenvalue weighted by atomic mass is 35.5. The van der Waals surface area contributed by atoms with Gasteiger partial charge in [0, 0.05) is 6.04 Å². The third-order valence-corrected chi connectivity index (χ3v) is 3.12. The summed E-state index contributed by atoms with van der Waals surface area (Å²) in [6, 6.07) is 9.20. The van der Waals surface area contributed by atoms with Crippen molar-refractivity contribution in [1.82, 2.24) is 15.5 Å². The number of aromatic nitrogens is 2. The highest BCUT2D eigenvalue weighted by Crippen LogP contribution is 2.19. The summed E-state index contributed by atoms with van der Waals surface area (Å²) in [7, 11) is 0. The van der Waals surface area contributed by atoms with E-state index in [1.807, 2.05) is 30.3 Å². The molecule has 0 saturated carbocycles. The zero-order valence-electron chi connectivity index (χ0n) is 11.9. The van der Waals surface area contributed by atoms with E-state index in [2.05, 4.69) is 15.5 Å². The van der Waals surface area contributed by atoms with E-state index in [1.165, 1.54) is 0 Å². The van der Waals surface area contributed by atoms with Crippen molar-refractivity contribution < 1.29 is 9.32 Å². The molecule has 2 atom stereocenters. The number of nitrogens with one attached hydrogen (secondary N) is 1. The molecular formula is C14H19ClN4O2. The maximum absolute atomic E-state index is 12.1. The Labute approximate surface area is 129 Å². The standard InChI is InChI=1S/C14H18N4O2.ClH/c1-9(13(15)11-6-4-3-5-7-11)14(19)16-8-12-17-10(2)18-20-12;/h3-7,9,13H,8,15H2,1-2H3,(H,16,19);1H. The van der Waals surface area contributed by atoms with Gasteiger partial charge in [0.05, 0.1) is 12.5 Å². The van der Waals surface area contributed by atoms with Crippen molar-refractivity contribution >= 4 is 18.3 Å². The van der Waals surface area contributed by atoms with Gasteiger partial charge < -0.3 is 15.6 Å². The largest absolute Gasteiger partial charge is 0.347 e. The summed E-state index contributed by atoms with van der Waals surface area (Å²) in [6.45, 7) is 3.74. The van der Waals surface area contributed by atoms with Gasteiger partial charge in [-0.25, -0.2) is 0 Å². The summed E-state index contributed by atoms with van der Waals surface area (Å²) < 4.78 is 4.93. The smallest absolute Gasteiger partial charge is 0.246 e. The lowest BCUT2D eigenvalue weighted by molar-refractivity contribution is -0.125. The van der Waals surface area contributed by atoms with Crippen molar-refractivity contribution in [3.8, 4) is 0 Å². The number of hydrogen-bond acceptors (Lipinski definition) is 5. The average Bonchev–Trinajstić information content (AvgIpc) is 2.89. The van der Waals surface area contributed by atoms with E-state index >= 15 is 0 Å². The topological polar surface area (TPSA) is 94.0 Å². The molecule has 1 heterocycles. The maximum atomic E-state index is 12.1. The van der Waals surface area contributed by atoms with Gasteiger partial charge in [-0.05, 0) is 12.5 Å². The van der Waals surface area contributed by atoms with Crippen LogP contribution in [0.25, 0.3) is 0 Å². The van der Waals surface area contributed by atoms with Gasteiger partial charge in [0.2, 0.25) is 11.8 Å². The highest BCUT2D eigenvalue weighted by Gasteiger charge is 2.22. The van der Waals surface area contributed by atoms with Crippen LogP contribution in [-0.4, -0.2) is 16.0 Å². The molecule has 0 aliphatic heterocycles. The summed E-state index contributed by atoms with van der Waals surface area (Å²) in [5.74, 6) is 0.443. The minimum atomic E-state index is -0.347. The van der Waals surface area contributed by atoms with Gasteiger partial charge in [0.1, 0.15) is 0 Å². The van der Waals surface area contributed by atoms with Gasteiger partial charge in [0.15, 0.2) is 5.82 Å². The molecule has 114 valence electrons. The zero-order chi connectivity index (χ0) is 14.5. The number of rotatable bonds is 5. The van der Waals surface area contributed by atoms with E-state index in [9.17, 15) is 4.79 Å². The summed E-state index contributed by atoms with van der Waals surface area (Å²) in [5.41, 5.74) is 7.03. The van der Waals surface area contributed by atoms with Crippen LogP contribution in [0, 0.1) is 12.8 Å². The third-order valence-electron chi connectivity index (χ3n) is 3.12. The molecule has 7 heteroatoms. The van der Waals surface area contributed by atoms with Crippen molar-refractivity contribution in [2.45, 2.75) is 26.4 Å². The molecule has 2 rings (SSSR count). The molecule has 0 aliphatic carbocycles. The summed E-state index contributed by atoms with van der Waals surface area (Å²) in [4.78, 5) is 16.1. The minimum Gasteiger partial charge on any atom is -0.347 e. The number of benzene rings is 1. The van der Waals surface area contributed by atoms with Crippen LogP contribution in [0.2, 0.25) is 0 Å². The maximum Gasteiger partial charge on any atom is 0.246 e. The molecule has 0 spiro atoms. The zero-order valence-corrected chi connectivity index (χ0v) is 12.8. The number of hydrogen-bond donors (Lipinski definition) is 2. The number of aryl methyl sites for hydroxylation is 1. The first-order valence-corrected chi connectivity index (χ1v) is 6.45. The number of nitrogens with two attached hydrogens (primary N) is 1. The van der Waals surface area contributed by atoms with Gasteiger partial charge in [-0.1, -0.05) is 42.4 Å². The van der Waals surface area contributed by atoms with E-state index in [0.29, 0.717) is 11.7 Å². The van der Waals surface area contributed by atoms with Crippen LogP contribution in [-0.2, 0) is 11.3 Å². The van der Waals surface area contributed by atoms with Crippen LogP contribution < -0.4 is 11.1 Å². The SMILES string of the molecule is Cc1noc(CNC(=O)C(C)C(N)c2ccccc2)n1.Cl. The van der Waals surface area contributed by atoms with E-state index in [0.717, 1.165) is 5.56 Å². The predicted octanol–water partition coefficient (Wildman–Crippen LogP) is 1.75. The fraction of sp³-hybridized carbons (Fsp3) is 0.357. The Hall–Kier alpha value is -1.92. The monoisotopic (exact) mass is 310 g/mol. The number of amides is 1. The van der Waals surface area contributed by atoms with E-state index < -0.39 is 0 Å². The first-order chi connectivity index (χ1) is 9.58. The molecular weight excluding hydrogens is 292 g/mol. The quantitative estimate of drug-likeness (QED) is 0.877. The highest BCUT2D eigenvalue weighted by molar-refractivity contribution is 5.85. The van der Waals surface area contributed by atoms with Crippen molar-refractivity contribution in [2.24, 2.45) is 11.7 Å². The molecule has 1 aromatic carbocycles. The lowest BCUT2D eigenvalue weighted by Crippen LogP contribution is -2.35. The predicted molar refractivity (Wildman–Crippen MR) is 80.7 cm³/mol. The molecule has 0 radical (unpaired) electrons. The van der Waals surface area contributed by atoms with Gasteiger partial charge in [-0.2, -0.15) is 4.98 Å². The second kappa shape index (κ2) is 7.75. The number of nitrogens with zero attached hydrogens (tertiary/aromatic N) is 2. The number of carbonyl (C=O) groups is 1. The summed E-state index contributed by atoms with van der Waals surface area (Å²) in [6.07, 6.45) is 0. The van der Waals surface area contributed by atoms with Gasteiger partial charge >= 0.3 is 0 Å². The molecule has 0 fully saturated rings. The number of halogens is 1. The van der Waals surface area contributed by atoms with Gasteiger partial charge in [-0.3, -0.25) is 4.79 Å². The van der Waals surface area contributed by atoms with E-state index in [-0.39, 0.29) is 36.8 Å². The second-order valence-corrected chi connectivity index (χ2v) is 4.68. The lowest BCUT2D eigenvalue weighted by atomic mass is 9.95. The van der Waals surface area contributed by atoms with Crippen molar-refractivity contribution in [1.29, 1.82) is 0 Å². The van der Waals surface area contributed by atoms with Crippen LogP contribution in [0.5, 0.6) is 0 Å². The first-order valence-electron chi connectivity index (χ1n) is 6.45. The average molecular weight is 311 g/mol. The summed E-state index contributed by atoms with van der Waals surface area (Å²) >= 11 is 0. The van der Waals surface area contributed by atoms with Crippen molar-refractivity contribution in [3.63, 3.8) is 0 Å². The fourth-order valence-corrected chi connectivity index (χ4v) is 1.86. The lowest BCUT2D eigenvalue weighted by Gasteiger charge is -2.19. The molecule has 0 bridgehead atoms. The molecule has 0 saturated heterocycles. The Morgan fingerprint density at radius 3 is 2.62 bits per heavy atom. The van der Waals surface area contributed by atoms with Crippen LogP contribution in [0.3, 0.4) is 0 Å². The van der Waals surface area contributed by atoms with Crippen LogP contribution >= 0.6 is 12.4 Å². The van der Waals surface area contributed by atoms with Crippen LogP contribution in [0.1, 0.15) is 30.2 Å². The third kappa shape index (κ3) is 4.54. The normalized spacial score (nSPS) is 13.1. The molecule has 3 N–H and O–H groups in total. The molecule has 2 aromatic rings. The van der Waals surface area contributed by atoms with Crippen LogP contribution in [0.4, 0.5) is 0 Å². The van der Waals surface area contributed by atoms with Crippen LogP contribution in [0.15, 0.2) is 34.9 Å². The van der Waals surface area contributed by atoms with Crippen molar-refractivity contribution in [2.75, 3.05) is 0 Å². The molecule has 2 unspecified atom stereocenters. The molecule has 1 aromatic heterocycles. The van der Waals surface area contributed by atoms with E-state index in [4.69, 9.17) is 10.3 Å². The Morgan fingerprint density at radius 1 is 1.38 bits per heavy atom. The minimum absolute atomic E-state index is 0. The second-order valence-electron chi connectivity index (χ2n) is 4.68.